The van der Waals surface area contributed by atoms with Gasteiger partial charge >= 0.3 is 0 Å². The number of anilines is 2. The number of hydrogen-bond acceptors (Lipinski definition) is 4. The van der Waals surface area contributed by atoms with E-state index >= 15 is 0 Å². The third-order valence-electron chi connectivity index (χ3n) is 5.05. The Hall–Kier alpha value is -3.21. The van der Waals surface area contributed by atoms with E-state index in [1.807, 2.05) is 44.3 Å². The summed E-state index contributed by atoms with van der Waals surface area (Å²) >= 11 is 0. The molecule has 3 aromatic rings. The molecule has 1 N–H and O–H groups in total. The highest BCUT2D eigenvalue weighted by molar-refractivity contribution is 6.05. The van der Waals surface area contributed by atoms with Gasteiger partial charge in [-0.3, -0.25) is 9.78 Å². The molecule has 0 saturated heterocycles. The molecule has 0 aliphatic rings. The lowest BCUT2D eigenvalue weighted by molar-refractivity contribution is 0.102. The van der Waals surface area contributed by atoms with E-state index in [2.05, 4.69) is 40.1 Å². The molecule has 0 atom stereocenters. The zero-order chi connectivity index (χ0) is 20.8. The maximum atomic E-state index is 12.9. The quantitative estimate of drug-likeness (QED) is 0.629. The lowest BCUT2D eigenvalue weighted by atomic mass is 9.98. The van der Waals surface area contributed by atoms with Crippen molar-refractivity contribution in [3.63, 3.8) is 0 Å². The number of aromatic nitrogens is 2. The van der Waals surface area contributed by atoms with Crippen LogP contribution in [-0.4, -0.2) is 29.5 Å². The van der Waals surface area contributed by atoms with Crippen LogP contribution in [0.25, 0.3) is 0 Å². The first kappa shape index (κ1) is 20.5. The molecule has 5 heteroatoms. The molecule has 1 aromatic carbocycles. The van der Waals surface area contributed by atoms with Crippen molar-refractivity contribution in [3.05, 3.63) is 83.3 Å². The van der Waals surface area contributed by atoms with E-state index in [1.165, 1.54) is 5.56 Å². The largest absolute Gasteiger partial charge is 0.359 e. The monoisotopic (exact) mass is 388 g/mol. The van der Waals surface area contributed by atoms with Crippen molar-refractivity contribution >= 4 is 17.4 Å². The van der Waals surface area contributed by atoms with Gasteiger partial charge in [-0.2, -0.15) is 0 Å². The molecule has 0 spiro atoms. The minimum absolute atomic E-state index is 0.118. The fraction of sp³-hybridized carbons (Fsp3) is 0.292. The number of likely N-dealkylation sites (N-methyl/N-ethyl adjacent to an activating group) is 1. The molecule has 0 unspecified atom stereocenters. The number of nitrogens with zero attached hydrogens (tertiary/aromatic N) is 3. The van der Waals surface area contributed by atoms with Crippen molar-refractivity contribution in [2.75, 3.05) is 23.8 Å². The molecule has 0 bridgehead atoms. The number of benzene rings is 1. The third-order valence-corrected chi connectivity index (χ3v) is 5.05. The summed E-state index contributed by atoms with van der Waals surface area (Å²) in [4.78, 5) is 23.5. The van der Waals surface area contributed by atoms with Gasteiger partial charge in [0.25, 0.3) is 5.91 Å². The van der Waals surface area contributed by atoms with Crippen LogP contribution in [0.4, 0.5) is 11.5 Å². The van der Waals surface area contributed by atoms with Gasteiger partial charge in [0.05, 0.1) is 0 Å². The lowest BCUT2D eigenvalue weighted by Crippen LogP contribution is -2.22. The maximum absolute atomic E-state index is 12.9. The Balaban J connectivity index is 1.73. The van der Waals surface area contributed by atoms with Gasteiger partial charge in [0.15, 0.2) is 0 Å². The Labute approximate surface area is 172 Å². The molecule has 0 fully saturated rings. The maximum Gasteiger partial charge on any atom is 0.255 e. The number of amides is 1. The first-order valence-electron chi connectivity index (χ1n) is 9.92. The predicted molar refractivity (Wildman–Crippen MR) is 119 cm³/mol. The molecule has 2 aromatic heterocycles. The standard InChI is InChI=1S/C24H28N4O/c1-17(2)21-7-5-6-18(3)23(21)27-24(29)20-10-14-26-22(16-20)28(4)15-11-19-8-12-25-13-9-19/h5-10,12-14,16-17H,11,15H2,1-4H3,(H,27,29). The van der Waals surface area contributed by atoms with Crippen LogP contribution in [0.5, 0.6) is 0 Å². The van der Waals surface area contributed by atoms with E-state index in [-0.39, 0.29) is 5.91 Å². The van der Waals surface area contributed by atoms with Gasteiger partial charge in [0.1, 0.15) is 5.82 Å². The second-order valence-electron chi connectivity index (χ2n) is 7.58. The van der Waals surface area contributed by atoms with Crippen LogP contribution < -0.4 is 10.2 Å². The zero-order valence-electron chi connectivity index (χ0n) is 17.5. The smallest absolute Gasteiger partial charge is 0.255 e. The molecule has 0 radical (unpaired) electrons. The van der Waals surface area contributed by atoms with Gasteiger partial charge in [-0.1, -0.05) is 32.0 Å². The Morgan fingerprint density at radius 3 is 2.59 bits per heavy atom. The fourth-order valence-corrected chi connectivity index (χ4v) is 3.26. The van der Waals surface area contributed by atoms with Crippen LogP contribution in [0.3, 0.4) is 0 Å². The SMILES string of the molecule is Cc1cccc(C(C)C)c1NC(=O)c1ccnc(N(C)CCc2ccncc2)c1. The van der Waals surface area contributed by atoms with Crippen molar-refractivity contribution in [2.24, 2.45) is 0 Å². The minimum Gasteiger partial charge on any atom is -0.359 e. The first-order valence-corrected chi connectivity index (χ1v) is 9.92. The predicted octanol–water partition coefficient (Wildman–Crippen LogP) is 4.84. The molecule has 1 amide bonds. The number of nitrogens with one attached hydrogen (secondary N) is 1. The van der Waals surface area contributed by atoms with E-state index in [4.69, 9.17) is 0 Å². The lowest BCUT2D eigenvalue weighted by Gasteiger charge is -2.19. The van der Waals surface area contributed by atoms with Crippen molar-refractivity contribution in [1.29, 1.82) is 0 Å². The zero-order valence-corrected chi connectivity index (χ0v) is 17.5. The van der Waals surface area contributed by atoms with Gasteiger partial charge in [0, 0.05) is 43.4 Å². The Morgan fingerprint density at radius 2 is 1.86 bits per heavy atom. The van der Waals surface area contributed by atoms with Gasteiger partial charge in [0.2, 0.25) is 0 Å². The Bertz CT molecular complexity index is 970. The molecule has 3 rings (SSSR count). The van der Waals surface area contributed by atoms with Gasteiger partial charge < -0.3 is 10.2 Å². The first-order chi connectivity index (χ1) is 14.0. The van der Waals surface area contributed by atoms with Crippen molar-refractivity contribution < 1.29 is 4.79 Å². The highest BCUT2D eigenvalue weighted by Gasteiger charge is 2.14. The molecule has 29 heavy (non-hydrogen) atoms. The fourth-order valence-electron chi connectivity index (χ4n) is 3.26. The van der Waals surface area contributed by atoms with Crippen LogP contribution in [0.2, 0.25) is 0 Å². The molecule has 2 heterocycles. The molecular formula is C24H28N4O. The minimum atomic E-state index is -0.118. The summed E-state index contributed by atoms with van der Waals surface area (Å²) in [6, 6.07) is 13.7. The number of rotatable bonds is 7. The van der Waals surface area contributed by atoms with Gasteiger partial charge in [-0.05, 0) is 60.2 Å². The average Bonchev–Trinajstić information content (AvgIpc) is 2.74. The molecule has 5 nitrogen and oxygen atoms in total. The second kappa shape index (κ2) is 9.32. The summed E-state index contributed by atoms with van der Waals surface area (Å²) in [5.74, 6) is 0.991. The molecule has 150 valence electrons. The highest BCUT2D eigenvalue weighted by Crippen LogP contribution is 2.28. The topological polar surface area (TPSA) is 58.1 Å². The summed E-state index contributed by atoms with van der Waals surface area (Å²) in [6.45, 7) is 7.09. The summed E-state index contributed by atoms with van der Waals surface area (Å²) in [5, 5.41) is 3.11. The van der Waals surface area contributed by atoms with Crippen LogP contribution in [0, 0.1) is 6.92 Å². The van der Waals surface area contributed by atoms with Crippen LogP contribution in [-0.2, 0) is 6.42 Å². The van der Waals surface area contributed by atoms with E-state index in [0.29, 0.717) is 11.5 Å². The molecule has 0 saturated carbocycles. The Kier molecular flexibility index (Phi) is 6.60. The van der Waals surface area contributed by atoms with Crippen molar-refractivity contribution in [3.8, 4) is 0 Å². The van der Waals surface area contributed by atoms with E-state index < -0.39 is 0 Å². The number of pyridine rings is 2. The number of aryl methyl sites for hydroxylation is 1. The number of para-hydroxylation sites is 1. The van der Waals surface area contributed by atoms with Crippen molar-refractivity contribution in [1.82, 2.24) is 9.97 Å². The summed E-state index contributed by atoms with van der Waals surface area (Å²) in [6.07, 6.45) is 6.18. The second-order valence-corrected chi connectivity index (χ2v) is 7.58. The molecule has 0 aliphatic carbocycles. The van der Waals surface area contributed by atoms with E-state index in [9.17, 15) is 4.79 Å². The summed E-state index contributed by atoms with van der Waals surface area (Å²) < 4.78 is 0. The molecular weight excluding hydrogens is 360 g/mol. The van der Waals surface area contributed by atoms with Crippen LogP contribution in [0.15, 0.2) is 61.1 Å². The van der Waals surface area contributed by atoms with Crippen LogP contribution >= 0.6 is 0 Å². The molecule has 0 aliphatic heterocycles. The van der Waals surface area contributed by atoms with Crippen LogP contribution in [0.1, 0.15) is 46.8 Å². The van der Waals surface area contributed by atoms with E-state index in [0.717, 1.165) is 35.6 Å². The highest BCUT2D eigenvalue weighted by atomic mass is 16.1. The summed E-state index contributed by atoms with van der Waals surface area (Å²) in [5.41, 5.74) is 4.93. The third kappa shape index (κ3) is 5.19. The summed E-state index contributed by atoms with van der Waals surface area (Å²) in [7, 11) is 1.99. The average molecular weight is 389 g/mol. The van der Waals surface area contributed by atoms with Gasteiger partial charge in [-0.25, -0.2) is 4.98 Å². The van der Waals surface area contributed by atoms with Crippen molar-refractivity contribution in [2.45, 2.75) is 33.1 Å². The normalized spacial score (nSPS) is 10.8. The number of carbonyl (C=O) groups excluding carboxylic acids is 1. The van der Waals surface area contributed by atoms with Gasteiger partial charge in [-0.15, -0.1) is 0 Å². The number of hydrogen-bond donors (Lipinski definition) is 1. The number of carbonyl (C=O) groups is 1. The Morgan fingerprint density at radius 1 is 1.10 bits per heavy atom. The van der Waals surface area contributed by atoms with E-state index in [1.54, 1.807) is 24.7 Å².